The molecule has 1 rings (SSSR count). The third-order valence-corrected chi connectivity index (χ3v) is 9.88. The molecule has 1 saturated carbocycles. The van der Waals surface area contributed by atoms with Gasteiger partial charge in [-0.2, -0.15) is 0 Å². The first-order valence-electron chi connectivity index (χ1n) is 8.23. The van der Waals surface area contributed by atoms with E-state index in [1.807, 2.05) is 0 Å². The maximum absolute atomic E-state index is 11.0. The van der Waals surface area contributed by atoms with Gasteiger partial charge in [0.1, 0.15) is 13.2 Å². The normalized spacial score (nSPS) is 15.6. The number of ether oxygens (including phenoxy) is 2. The van der Waals surface area contributed by atoms with Crippen LogP contribution in [0.3, 0.4) is 0 Å². The smallest absolute Gasteiger partial charge is 0.302 e. The molecule has 0 aliphatic heterocycles. The molecule has 1 N–H and O–H groups in total. The Kier molecular flexibility index (Phi) is 12.5. The Labute approximate surface area is 157 Å². The van der Waals surface area contributed by atoms with Crippen molar-refractivity contribution in [3.05, 3.63) is 0 Å². The molecule has 0 atom stereocenters. The van der Waals surface area contributed by atoms with Gasteiger partial charge in [0.25, 0.3) is 0 Å². The van der Waals surface area contributed by atoms with Gasteiger partial charge in [-0.05, 0) is 25.7 Å². The third-order valence-electron chi connectivity index (χ3n) is 4.58. The van der Waals surface area contributed by atoms with Crippen molar-refractivity contribution < 1.29 is 48.1 Å². The second-order valence-electron chi connectivity index (χ2n) is 6.08. The van der Waals surface area contributed by atoms with Crippen LogP contribution in [0.1, 0.15) is 46.0 Å². The van der Waals surface area contributed by atoms with Crippen molar-refractivity contribution in [3.63, 3.8) is 0 Å². The van der Waals surface area contributed by atoms with Gasteiger partial charge >= 0.3 is 11.9 Å². The summed E-state index contributed by atoms with van der Waals surface area (Å²) in [6, 6.07) is 0. The fraction of sp³-hybridized carbons (Fsp3) is 0.875. The van der Waals surface area contributed by atoms with Gasteiger partial charge in [0.2, 0.25) is 0 Å². The van der Waals surface area contributed by atoms with E-state index in [0.717, 1.165) is 18.5 Å². The van der Waals surface area contributed by atoms with E-state index in [-0.39, 0.29) is 42.5 Å². The molecule has 1 fully saturated rings. The van der Waals surface area contributed by atoms with Crippen molar-refractivity contribution in [1.82, 2.24) is 0 Å². The molecular formula is C16H30IO5P. The van der Waals surface area contributed by atoms with Crippen molar-refractivity contribution in [2.24, 2.45) is 0 Å². The van der Waals surface area contributed by atoms with E-state index in [1.54, 1.807) is 0 Å². The average molecular weight is 460 g/mol. The van der Waals surface area contributed by atoms with Crippen LogP contribution in [-0.4, -0.2) is 61.0 Å². The molecule has 0 aromatic heterocycles. The molecule has 0 radical (unpaired) electrons. The van der Waals surface area contributed by atoms with E-state index < -0.39 is 7.26 Å². The first kappa shape index (κ1) is 23.1. The molecule has 0 bridgehead atoms. The number of esters is 2. The minimum atomic E-state index is -1.49. The highest BCUT2D eigenvalue weighted by atomic mass is 127. The van der Waals surface area contributed by atoms with Crippen LogP contribution in [0, 0.1) is 0 Å². The zero-order valence-electron chi connectivity index (χ0n) is 14.3. The predicted molar refractivity (Wildman–Crippen MR) is 88.7 cm³/mol. The maximum atomic E-state index is 11.0. The molecule has 0 spiro atoms. The summed E-state index contributed by atoms with van der Waals surface area (Å²) in [6.07, 6.45) is 8.57. The van der Waals surface area contributed by atoms with Gasteiger partial charge in [0.05, 0.1) is 30.8 Å². The second kappa shape index (κ2) is 12.4. The second-order valence-corrected chi connectivity index (χ2v) is 10.6. The van der Waals surface area contributed by atoms with Crippen LogP contribution in [0.2, 0.25) is 0 Å². The van der Waals surface area contributed by atoms with Gasteiger partial charge < -0.3 is 38.6 Å². The Bertz CT molecular complexity index is 338. The van der Waals surface area contributed by atoms with Crippen molar-refractivity contribution in [2.45, 2.75) is 51.6 Å². The number of halogens is 1. The average Bonchev–Trinajstić information content (AvgIpc) is 2.47. The molecule has 5 nitrogen and oxygen atoms in total. The molecule has 0 saturated heterocycles. The lowest BCUT2D eigenvalue weighted by atomic mass is 10.0. The van der Waals surface area contributed by atoms with E-state index in [1.165, 1.54) is 46.0 Å². The van der Waals surface area contributed by atoms with Crippen LogP contribution < -0.4 is 24.0 Å². The van der Waals surface area contributed by atoms with E-state index in [2.05, 4.69) is 0 Å². The summed E-state index contributed by atoms with van der Waals surface area (Å²) >= 11 is 0. The number of carbonyl (C=O) groups excluding carboxylic acids is 2. The van der Waals surface area contributed by atoms with Crippen molar-refractivity contribution in [2.75, 3.05) is 38.3 Å². The minimum Gasteiger partial charge on any atom is -1.00 e. The lowest BCUT2D eigenvalue weighted by Crippen LogP contribution is -3.00. The van der Waals surface area contributed by atoms with Crippen LogP contribution >= 0.6 is 7.26 Å². The number of carbonyl (C=O) groups is 2. The van der Waals surface area contributed by atoms with E-state index >= 15 is 0 Å². The minimum absolute atomic E-state index is 0. The van der Waals surface area contributed by atoms with Gasteiger partial charge in [-0.25, -0.2) is 0 Å². The summed E-state index contributed by atoms with van der Waals surface area (Å²) in [5, 5.41) is 9.56. The van der Waals surface area contributed by atoms with Gasteiger partial charge in [0, 0.05) is 21.1 Å². The molecule has 0 aromatic carbocycles. The number of aliphatic hydroxyl groups is 1. The zero-order chi connectivity index (χ0) is 16.4. The van der Waals surface area contributed by atoms with Crippen LogP contribution in [0.4, 0.5) is 0 Å². The Morgan fingerprint density at radius 3 is 1.83 bits per heavy atom. The highest BCUT2D eigenvalue weighted by Crippen LogP contribution is 2.65. The molecule has 1 aliphatic carbocycles. The third kappa shape index (κ3) is 8.64. The summed E-state index contributed by atoms with van der Waals surface area (Å²) in [6.45, 7) is 3.83. The first-order chi connectivity index (χ1) is 10.5. The Morgan fingerprint density at radius 1 is 0.957 bits per heavy atom. The quantitative estimate of drug-likeness (QED) is 0.285. The summed E-state index contributed by atoms with van der Waals surface area (Å²) in [7, 11) is -1.49. The zero-order valence-corrected chi connectivity index (χ0v) is 17.3. The highest BCUT2D eigenvalue weighted by Gasteiger charge is 2.45. The first-order valence-corrected chi connectivity index (χ1v) is 10.6. The van der Waals surface area contributed by atoms with Crippen LogP contribution in [0.25, 0.3) is 0 Å². The van der Waals surface area contributed by atoms with Gasteiger partial charge in [-0.15, -0.1) is 0 Å². The lowest BCUT2D eigenvalue weighted by Gasteiger charge is -2.36. The molecule has 0 aromatic rings. The fourth-order valence-corrected chi connectivity index (χ4v) is 7.99. The summed E-state index contributed by atoms with van der Waals surface area (Å²) in [5.41, 5.74) is 0.611. The Morgan fingerprint density at radius 2 is 1.43 bits per heavy atom. The van der Waals surface area contributed by atoms with E-state index in [9.17, 15) is 14.7 Å². The predicted octanol–water partition coefficient (Wildman–Crippen LogP) is -0.541. The van der Waals surface area contributed by atoms with Crippen molar-refractivity contribution in [3.8, 4) is 0 Å². The molecule has 0 heterocycles. The monoisotopic (exact) mass is 460 g/mol. The highest BCUT2D eigenvalue weighted by molar-refractivity contribution is 7.76. The van der Waals surface area contributed by atoms with Gasteiger partial charge in [-0.3, -0.25) is 9.59 Å². The van der Waals surface area contributed by atoms with Crippen LogP contribution in [-0.2, 0) is 19.1 Å². The summed E-state index contributed by atoms with van der Waals surface area (Å²) in [5.74, 6) is -0.517. The molecule has 0 amide bonds. The van der Waals surface area contributed by atoms with Crippen molar-refractivity contribution >= 4 is 19.2 Å². The molecule has 23 heavy (non-hydrogen) atoms. The Hall–Kier alpha value is 0.0600. The van der Waals surface area contributed by atoms with Gasteiger partial charge in [-0.1, -0.05) is 6.42 Å². The van der Waals surface area contributed by atoms with Crippen LogP contribution in [0.15, 0.2) is 0 Å². The summed E-state index contributed by atoms with van der Waals surface area (Å²) in [4.78, 5) is 22.1. The largest absolute Gasteiger partial charge is 1.00 e. The van der Waals surface area contributed by atoms with Gasteiger partial charge in [0.15, 0.2) is 0 Å². The van der Waals surface area contributed by atoms with E-state index in [0.29, 0.717) is 18.9 Å². The lowest BCUT2D eigenvalue weighted by molar-refractivity contribution is -0.141. The molecular weight excluding hydrogens is 430 g/mol. The van der Waals surface area contributed by atoms with Crippen LogP contribution in [0.5, 0.6) is 0 Å². The maximum Gasteiger partial charge on any atom is 0.302 e. The fourth-order valence-electron chi connectivity index (χ4n) is 3.45. The number of hydrogen-bond acceptors (Lipinski definition) is 5. The SMILES string of the molecule is CC(=O)OCC[P+](CCO)(CCOC(C)=O)C1CCCCC1.[I-]. The standard InChI is InChI=1S/C16H30O5P.HI/c1-14(18)20-9-12-22(11-8-17,13-10-21-15(2)19)16-6-4-3-5-7-16;/h16-17H,3-13H2,1-2H3;1H/q+1;/p-1. The van der Waals surface area contributed by atoms with E-state index in [4.69, 9.17) is 9.47 Å². The molecule has 136 valence electrons. The molecule has 1 aliphatic rings. The number of hydrogen-bond donors (Lipinski definition) is 1. The van der Waals surface area contributed by atoms with Crippen molar-refractivity contribution in [1.29, 1.82) is 0 Å². The number of rotatable bonds is 9. The molecule has 0 unspecified atom stereocenters. The number of aliphatic hydroxyl groups excluding tert-OH is 1. The summed E-state index contributed by atoms with van der Waals surface area (Å²) < 4.78 is 10.3. The molecule has 7 heteroatoms. The topological polar surface area (TPSA) is 72.8 Å². The Balaban J connectivity index is 0.00000484.